The van der Waals surface area contributed by atoms with Crippen molar-refractivity contribution in [2.45, 2.75) is 39.8 Å². The van der Waals surface area contributed by atoms with Gasteiger partial charge in [0.2, 0.25) is 0 Å². The molecule has 1 saturated heterocycles. The van der Waals surface area contributed by atoms with Crippen LogP contribution in [0.5, 0.6) is 0 Å². The standard InChI is InChI=1S/C28H27ClN4S/c1-17-9-7-10-21(15-17)33-27(26(31-28(33)34)24-12-5-6-14-30-24)22-16-18(2)32(20(22)4)25-13-8-11-23(29)19(25)3/h5-16,26-27H,1-4H3,(H,31,34). The Morgan fingerprint density at radius 2 is 1.74 bits per heavy atom. The van der Waals surface area contributed by atoms with Crippen LogP contribution in [0.3, 0.4) is 0 Å². The molecule has 6 heteroatoms. The number of anilines is 1. The van der Waals surface area contributed by atoms with E-state index >= 15 is 0 Å². The summed E-state index contributed by atoms with van der Waals surface area (Å²) in [5, 5.41) is 5.04. The number of hydrogen-bond acceptors (Lipinski definition) is 2. The van der Waals surface area contributed by atoms with E-state index in [9.17, 15) is 0 Å². The first kappa shape index (κ1) is 22.6. The first-order valence-electron chi connectivity index (χ1n) is 11.4. The van der Waals surface area contributed by atoms with Gasteiger partial charge in [0, 0.05) is 34.0 Å². The SMILES string of the molecule is Cc1cccc(N2C(=S)NC(c3ccccn3)C2c2cc(C)n(-c3cccc(Cl)c3C)c2C)c1. The molecule has 34 heavy (non-hydrogen) atoms. The zero-order chi connectivity index (χ0) is 24.0. The maximum absolute atomic E-state index is 6.49. The summed E-state index contributed by atoms with van der Waals surface area (Å²) in [6.07, 6.45) is 1.84. The Balaban J connectivity index is 1.71. The number of hydrogen-bond donors (Lipinski definition) is 1. The van der Waals surface area contributed by atoms with Gasteiger partial charge in [-0.15, -0.1) is 0 Å². The number of benzene rings is 2. The van der Waals surface area contributed by atoms with Gasteiger partial charge in [-0.2, -0.15) is 0 Å². The molecule has 1 aliphatic rings. The molecule has 0 bridgehead atoms. The van der Waals surface area contributed by atoms with Crippen LogP contribution >= 0.6 is 23.8 Å². The van der Waals surface area contributed by atoms with Crippen molar-refractivity contribution in [1.29, 1.82) is 0 Å². The number of aromatic nitrogens is 2. The summed E-state index contributed by atoms with van der Waals surface area (Å²) in [6, 6.07) is 22.7. The number of rotatable bonds is 4. The van der Waals surface area contributed by atoms with Crippen molar-refractivity contribution in [3.05, 3.63) is 112 Å². The Bertz CT molecular complexity index is 1380. The molecule has 2 aromatic carbocycles. The van der Waals surface area contributed by atoms with Crippen LogP contribution in [0, 0.1) is 27.7 Å². The van der Waals surface area contributed by atoms with Crippen LogP contribution in [0.4, 0.5) is 5.69 Å². The van der Waals surface area contributed by atoms with Gasteiger partial charge in [0.1, 0.15) is 0 Å². The zero-order valence-corrected chi connectivity index (χ0v) is 21.3. The van der Waals surface area contributed by atoms with Gasteiger partial charge < -0.3 is 14.8 Å². The summed E-state index contributed by atoms with van der Waals surface area (Å²) in [5.41, 5.74) is 8.92. The number of nitrogens with zero attached hydrogens (tertiary/aromatic N) is 3. The van der Waals surface area contributed by atoms with Crippen molar-refractivity contribution in [1.82, 2.24) is 14.9 Å². The van der Waals surface area contributed by atoms with Crippen LogP contribution in [0.25, 0.3) is 5.69 Å². The van der Waals surface area contributed by atoms with Gasteiger partial charge >= 0.3 is 0 Å². The number of nitrogens with one attached hydrogen (secondary N) is 1. The molecule has 1 fully saturated rings. The molecule has 0 aliphatic carbocycles. The predicted octanol–water partition coefficient (Wildman–Crippen LogP) is 6.94. The van der Waals surface area contributed by atoms with E-state index in [4.69, 9.17) is 23.8 Å². The Morgan fingerprint density at radius 1 is 0.941 bits per heavy atom. The summed E-state index contributed by atoms with van der Waals surface area (Å²) in [4.78, 5) is 6.92. The highest BCUT2D eigenvalue weighted by atomic mass is 35.5. The highest BCUT2D eigenvalue weighted by Crippen LogP contribution is 2.44. The molecule has 2 unspecified atom stereocenters. The highest BCUT2D eigenvalue weighted by molar-refractivity contribution is 7.80. The van der Waals surface area contributed by atoms with E-state index in [-0.39, 0.29) is 12.1 Å². The first-order chi connectivity index (χ1) is 16.4. The van der Waals surface area contributed by atoms with E-state index in [0.717, 1.165) is 39.0 Å². The second-order valence-corrected chi connectivity index (χ2v) is 9.68. The van der Waals surface area contributed by atoms with Gasteiger partial charge in [-0.05, 0) is 99.1 Å². The van der Waals surface area contributed by atoms with E-state index < -0.39 is 0 Å². The Hall–Kier alpha value is -3.15. The minimum Gasteiger partial charge on any atom is -0.351 e. The molecule has 0 spiro atoms. The van der Waals surface area contributed by atoms with Gasteiger partial charge in [0.25, 0.3) is 0 Å². The minimum absolute atomic E-state index is 0.0522. The Morgan fingerprint density at radius 3 is 2.47 bits per heavy atom. The van der Waals surface area contributed by atoms with Crippen LogP contribution in [-0.2, 0) is 0 Å². The topological polar surface area (TPSA) is 33.1 Å². The Labute approximate surface area is 211 Å². The fraction of sp³-hybridized carbons (Fsp3) is 0.214. The molecule has 3 heterocycles. The third-order valence-electron chi connectivity index (χ3n) is 6.65. The molecule has 4 nitrogen and oxygen atoms in total. The summed E-state index contributed by atoms with van der Waals surface area (Å²) in [7, 11) is 0. The molecule has 2 aromatic heterocycles. The molecule has 0 radical (unpaired) electrons. The normalized spacial score (nSPS) is 17.8. The van der Waals surface area contributed by atoms with Crippen LogP contribution in [-0.4, -0.2) is 14.7 Å². The van der Waals surface area contributed by atoms with E-state index in [1.165, 1.54) is 11.1 Å². The number of thiocarbonyl (C=S) groups is 1. The quantitative estimate of drug-likeness (QED) is 0.317. The molecule has 2 atom stereocenters. The molecule has 0 amide bonds. The molecule has 1 aliphatic heterocycles. The molecule has 172 valence electrons. The number of aryl methyl sites for hydroxylation is 2. The fourth-order valence-electron chi connectivity index (χ4n) is 5.02. The number of pyridine rings is 1. The van der Waals surface area contributed by atoms with Gasteiger partial charge in [-0.3, -0.25) is 4.98 Å². The van der Waals surface area contributed by atoms with Gasteiger partial charge in [-0.25, -0.2) is 0 Å². The van der Waals surface area contributed by atoms with E-state index in [1.54, 1.807) is 0 Å². The summed E-state index contributed by atoms with van der Waals surface area (Å²) >= 11 is 12.4. The molecule has 1 N–H and O–H groups in total. The maximum atomic E-state index is 6.49. The third kappa shape index (κ3) is 3.79. The maximum Gasteiger partial charge on any atom is 0.174 e. The summed E-state index contributed by atoms with van der Waals surface area (Å²) in [6.45, 7) is 8.49. The van der Waals surface area contributed by atoms with Crippen LogP contribution in [0.15, 0.2) is 72.9 Å². The summed E-state index contributed by atoms with van der Waals surface area (Å²) in [5.74, 6) is 0. The average Bonchev–Trinajstić information content (AvgIpc) is 3.32. The van der Waals surface area contributed by atoms with Gasteiger partial charge in [0.05, 0.1) is 17.8 Å². The predicted molar refractivity (Wildman–Crippen MR) is 144 cm³/mol. The van der Waals surface area contributed by atoms with Gasteiger partial charge in [0.15, 0.2) is 5.11 Å². The second-order valence-electron chi connectivity index (χ2n) is 8.88. The largest absolute Gasteiger partial charge is 0.351 e. The Kier molecular flexibility index (Phi) is 5.92. The van der Waals surface area contributed by atoms with E-state index in [2.05, 4.69) is 89.9 Å². The lowest BCUT2D eigenvalue weighted by Gasteiger charge is -2.28. The molecule has 0 saturated carbocycles. The van der Waals surface area contributed by atoms with Crippen molar-refractivity contribution in [3.63, 3.8) is 0 Å². The second kappa shape index (κ2) is 8.90. The first-order valence-corrected chi connectivity index (χ1v) is 12.2. The third-order valence-corrected chi connectivity index (χ3v) is 7.37. The van der Waals surface area contributed by atoms with Crippen LogP contribution in [0.2, 0.25) is 5.02 Å². The van der Waals surface area contributed by atoms with Crippen molar-refractivity contribution >= 4 is 34.6 Å². The van der Waals surface area contributed by atoms with Crippen molar-refractivity contribution in [2.75, 3.05) is 4.90 Å². The summed E-state index contributed by atoms with van der Waals surface area (Å²) < 4.78 is 2.29. The monoisotopic (exact) mass is 486 g/mol. The molecule has 5 rings (SSSR count). The molecular weight excluding hydrogens is 460 g/mol. The van der Waals surface area contributed by atoms with Crippen LogP contribution in [0.1, 0.15) is 45.9 Å². The zero-order valence-electron chi connectivity index (χ0n) is 19.7. The smallest absolute Gasteiger partial charge is 0.174 e. The average molecular weight is 487 g/mol. The minimum atomic E-state index is -0.0800. The van der Waals surface area contributed by atoms with Crippen molar-refractivity contribution in [3.8, 4) is 5.69 Å². The lowest BCUT2D eigenvalue weighted by atomic mass is 9.96. The van der Waals surface area contributed by atoms with Gasteiger partial charge in [-0.1, -0.05) is 35.9 Å². The lowest BCUT2D eigenvalue weighted by Crippen LogP contribution is -2.29. The number of halogens is 1. The van der Waals surface area contributed by atoms with Crippen molar-refractivity contribution < 1.29 is 0 Å². The van der Waals surface area contributed by atoms with Crippen LogP contribution < -0.4 is 10.2 Å². The molecule has 4 aromatic rings. The van der Waals surface area contributed by atoms with Crippen molar-refractivity contribution in [2.24, 2.45) is 0 Å². The van der Waals surface area contributed by atoms with E-state index in [1.807, 2.05) is 30.5 Å². The lowest BCUT2D eigenvalue weighted by molar-refractivity contribution is 0.565. The molecular formula is C28H27ClN4S. The van der Waals surface area contributed by atoms with E-state index in [0.29, 0.717) is 5.11 Å². The fourth-order valence-corrected chi connectivity index (χ4v) is 5.54. The highest BCUT2D eigenvalue weighted by Gasteiger charge is 2.42.